The summed E-state index contributed by atoms with van der Waals surface area (Å²) in [5, 5.41) is 13.5. The van der Waals surface area contributed by atoms with Crippen LogP contribution in [0.3, 0.4) is 0 Å². The largest absolute Gasteiger partial charge is 0.478 e. The molecule has 0 bridgehead atoms. The number of amides is 1. The molecule has 8 heteroatoms. The van der Waals surface area contributed by atoms with Gasteiger partial charge in [-0.15, -0.1) is 0 Å². The van der Waals surface area contributed by atoms with E-state index in [1.807, 2.05) is 6.07 Å². The lowest BCUT2D eigenvalue weighted by atomic mass is 9.98. The van der Waals surface area contributed by atoms with Gasteiger partial charge in [0.05, 0.1) is 10.6 Å². The predicted octanol–water partition coefficient (Wildman–Crippen LogP) is 5.92. The number of aryl methyl sites for hydroxylation is 1. The number of halogens is 3. The number of carbonyl (C=O) groups excluding carboxylic acids is 1. The van der Waals surface area contributed by atoms with Crippen molar-refractivity contribution in [3.63, 3.8) is 0 Å². The summed E-state index contributed by atoms with van der Waals surface area (Å²) in [4.78, 5) is 24.1. The Morgan fingerprint density at radius 1 is 1.03 bits per heavy atom. The normalized spacial score (nSPS) is 11.0. The first-order chi connectivity index (χ1) is 15.2. The van der Waals surface area contributed by atoms with Gasteiger partial charge in [0.2, 0.25) is 0 Å². The zero-order chi connectivity index (χ0) is 23.0. The van der Waals surface area contributed by atoms with Crippen molar-refractivity contribution in [1.82, 2.24) is 9.88 Å². The number of fused-ring (bicyclic) bond motifs is 1. The van der Waals surface area contributed by atoms with E-state index in [0.29, 0.717) is 27.4 Å². The van der Waals surface area contributed by atoms with Crippen molar-refractivity contribution in [1.29, 1.82) is 0 Å². The molecule has 0 spiro atoms. The second-order valence-electron chi connectivity index (χ2n) is 7.28. The molecule has 0 saturated heterocycles. The molecule has 4 rings (SSSR count). The fourth-order valence-electron chi connectivity index (χ4n) is 3.63. The molecule has 0 saturated carbocycles. The Hall–Kier alpha value is -3.35. The molecule has 0 atom stereocenters. The highest BCUT2D eigenvalue weighted by atomic mass is 35.5. The van der Waals surface area contributed by atoms with Crippen molar-refractivity contribution >= 4 is 46.0 Å². The minimum atomic E-state index is -1.13. The van der Waals surface area contributed by atoms with E-state index in [2.05, 4.69) is 5.32 Å². The van der Waals surface area contributed by atoms with E-state index in [1.54, 1.807) is 41.9 Å². The van der Waals surface area contributed by atoms with Crippen LogP contribution in [0.2, 0.25) is 10.0 Å². The van der Waals surface area contributed by atoms with E-state index in [9.17, 15) is 19.1 Å². The number of hydrogen-bond donors (Lipinski definition) is 2. The lowest BCUT2D eigenvalue weighted by Crippen LogP contribution is -2.25. The van der Waals surface area contributed by atoms with E-state index in [1.165, 1.54) is 24.3 Å². The van der Waals surface area contributed by atoms with Gasteiger partial charge in [0, 0.05) is 29.5 Å². The molecule has 162 valence electrons. The summed E-state index contributed by atoms with van der Waals surface area (Å²) in [7, 11) is 1.77. The van der Waals surface area contributed by atoms with Crippen LogP contribution in [0.25, 0.3) is 22.0 Å². The van der Waals surface area contributed by atoms with Crippen LogP contribution in [0.1, 0.15) is 26.4 Å². The topological polar surface area (TPSA) is 71.3 Å². The quantitative estimate of drug-likeness (QED) is 0.380. The van der Waals surface area contributed by atoms with Gasteiger partial charge < -0.3 is 15.0 Å². The maximum atomic E-state index is 14.0. The SMILES string of the molecule is Cn1c(C(=O)NCc2cc(F)ccc2-c2ccc(C(=O)O)c(Cl)c2)cc2ccc(Cl)cc21. The number of nitrogens with zero attached hydrogens (tertiary/aromatic N) is 1. The van der Waals surface area contributed by atoms with Gasteiger partial charge in [-0.3, -0.25) is 4.79 Å². The van der Waals surface area contributed by atoms with Gasteiger partial charge in [-0.25, -0.2) is 9.18 Å². The van der Waals surface area contributed by atoms with Gasteiger partial charge in [-0.05, 0) is 59.2 Å². The molecule has 3 aromatic carbocycles. The molecule has 0 radical (unpaired) electrons. The summed E-state index contributed by atoms with van der Waals surface area (Å²) in [5.41, 5.74) is 3.01. The summed E-state index contributed by atoms with van der Waals surface area (Å²) in [5.74, 6) is -1.91. The number of nitrogens with one attached hydrogen (secondary N) is 1. The first kappa shape index (κ1) is 21.9. The Labute approximate surface area is 193 Å². The highest BCUT2D eigenvalue weighted by Crippen LogP contribution is 2.29. The van der Waals surface area contributed by atoms with Gasteiger partial charge in [-0.1, -0.05) is 41.4 Å². The summed E-state index contributed by atoms with van der Waals surface area (Å²) in [6.45, 7) is 0.0620. The van der Waals surface area contributed by atoms with E-state index in [-0.39, 0.29) is 23.0 Å². The predicted molar refractivity (Wildman–Crippen MR) is 123 cm³/mol. The maximum absolute atomic E-state index is 14.0. The second kappa shape index (κ2) is 8.65. The van der Waals surface area contributed by atoms with Crippen LogP contribution in [-0.2, 0) is 13.6 Å². The maximum Gasteiger partial charge on any atom is 0.337 e. The van der Waals surface area contributed by atoms with Crippen LogP contribution in [0.4, 0.5) is 4.39 Å². The number of aromatic carboxylic acids is 1. The average molecular weight is 471 g/mol. The Morgan fingerprint density at radius 3 is 2.53 bits per heavy atom. The van der Waals surface area contributed by atoms with E-state index < -0.39 is 11.8 Å². The second-order valence-corrected chi connectivity index (χ2v) is 8.12. The number of benzene rings is 3. The molecule has 1 aromatic heterocycles. The number of carboxylic acids is 1. The Morgan fingerprint density at radius 2 is 1.81 bits per heavy atom. The van der Waals surface area contributed by atoms with Gasteiger partial charge in [-0.2, -0.15) is 0 Å². The van der Waals surface area contributed by atoms with Crippen molar-refractivity contribution < 1.29 is 19.1 Å². The fourth-order valence-corrected chi connectivity index (χ4v) is 4.06. The molecule has 32 heavy (non-hydrogen) atoms. The van der Waals surface area contributed by atoms with Gasteiger partial charge in [0.1, 0.15) is 11.5 Å². The van der Waals surface area contributed by atoms with Crippen LogP contribution in [-0.4, -0.2) is 21.6 Å². The minimum absolute atomic E-state index is 0.0248. The van der Waals surface area contributed by atoms with Crippen molar-refractivity contribution in [3.8, 4) is 11.1 Å². The van der Waals surface area contributed by atoms with Crippen LogP contribution < -0.4 is 5.32 Å². The molecule has 1 heterocycles. The monoisotopic (exact) mass is 470 g/mol. The molecule has 0 aliphatic carbocycles. The first-order valence-electron chi connectivity index (χ1n) is 9.59. The molecule has 0 unspecified atom stereocenters. The van der Waals surface area contributed by atoms with Crippen LogP contribution >= 0.6 is 23.2 Å². The lowest BCUT2D eigenvalue weighted by molar-refractivity contribution is 0.0696. The number of carbonyl (C=O) groups is 2. The summed E-state index contributed by atoms with van der Waals surface area (Å²) >= 11 is 12.2. The molecule has 0 aliphatic heterocycles. The highest BCUT2D eigenvalue weighted by Gasteiger charge is 2.16. The van der Waals surface area contributed by atoms with Crippen molar-refractivity contribution in [2.75, 3.05) is 0 Å². The van der Waals surface area contributed by atoms with Crippen LogP contribution in [0.15, 0.2) is 60.7 Å². The highest BCUT2D eigenvalue weighted by molar-refractivity contribution is 6.33. The first-order valence-corrected chi connectivity index (χ1v) is 10.3. The van der Waals surface area contributed by atoms with Gasteiger partial charge >= 0.3 is 5.97 Å². The summed E-state index contributed by atoms with van der Waals surface area (Å²) < 4.78 is 15.7. The average Bonchev–Trinajstić information content (AvgIpc) is 3.07. The fraction of sp³-hybridized carbons (Fsp3) is 0.0833. The third kappa shape index (κ3) is 4.20. The van der Waals surface area contributed by atoms with Gasteiger partial charge in [0.25, 0.3) is 5.91 Å². The minimum Gasteiger partial charge on any atom is -0.478 e. The number of hydrogen-bond acceptors (Lipinski definition) is 2. The van der Waals surface area contributed by atoms with E-state index in [0.717, 1.165) is 10.9 Å². The molecule has 1 amide bonds. The molecule has 2 N–H and O–H groups in total. The Balaban J connectivity index is 1.62. The van der Waals surface area contributed by atoms with Crippen molar-refractivity contribution in [3.05, 3.63) is 93.3 Å². The molecule has 5 nitrogen and oxygen atoms in total. The Bertz CT molecular complexity index is 1380. The molecule has 4 aromatic rings. The number of aromatic nitrogens is 1. The molecular formula is C24H17Cl2FN2O3. The van der Waals surface area contributed by atoms with Gasteiger partial charge in [0.15, 0.2) is 0 Å². The smallest absolute Gasteiger partial charge is 0.337 e. The number of rotatable bonds is 5. The molecular weight excluding hydrogens is 454 g/mol. The third-order valence-corrected chi connectivity index (χ3v) is 5.81. The molecule has 0 aliphatic rings. The summed E-state index contributed by atoms with van der Waals surface area (Å²) in [6, 6.07) is 15.8. The van der Waals surface area contributed by atoms with Crippen LogP contribution in [0.5, 0.6) is 0 Å². The Kier molecular flexibility index (Phi) is 5.91. The third-order valence-electron chi connectivity index (χ3n) is 5.26. The zero-order valence-electron chi connectivity index (χ0n) is 16.8. The standard InChI is InChI=1S/C24H17Cl2FN2O3/c1-29-21-11-16(25)4-2-14(21)10-22(29)23(30)28-12-15-8-17(27)5-7-18(15)13-3-6-19(24(31)32)20(26)9-13/h2-11H,12H2,1H3,(H,28,30)(H,31,32). The zero-order valence-corrected chi connectivity index (χ0v) is 18.3. The lowest BCUT2D eigenvalue weighted by Gasteiger charge is -2.13. The van der Waals surface area contributed by atoms with Crippen molar-refractivity contribution in [2.24, 2.45) is 7.05 Å². The van der Waals surface area contributed by atoms with E-state index >= 15 is 0 Å². The van der Waals surface area contributed by atoms with Crippen LogP contribution in [0, 0.1) is 5.82 Å². The molecule has 0 fully saturated rings. The van der Waals surface area contributed by atoms with Crippen molar-refractivity contribution in [2.45, 2.75) is 6.54 Å². The van der Waals surface area contributed by atoms with E-state index in [4.69, 9.17) is 23.2 Å². The summed E-state index contributed by atoms with van der Waals surface area (Å²) in [6.07, 6.45) is 0. The number of carboxylic acid groups (broad SMARTS) is 1.